The summed E-state index contributed by atoms with van der Waals surface area (Å²) in [6.45, 7) is 11.0. The summed E-state index contributed by atoms with van der Waals surface area (Å²) >= 11 is 0. The van der Waals surface area contributed by atoms with E-state index in [2.05, 4.69) is 69.3 Å². The molecule has 0 amide bonds. The van der Waals surface area contributed by atoms with E-state index >= 15 is 0 Å². The van der Waals surface area contributed by atoms with Gasteiger partial charge in [0.2, 0.25) is 0 Å². The summed E-state index contributed by atoms with van der Waals surface area (Å²) in [6.07, 6.45) is 2.99. The van der Waals surface area contributed by atoms with Gasteiger partial charge in [0, 0.05) is 10.8 Å². The normalized spacial score (nSPS) is 18.9. The molecule has 3 atom stereocenters. The molecule has 240 valence electrons. The van der Waals surface area contributed by atoms with Gasteiger partial charge in [-0.25, -0.2) is 0 Å². The molecule has 0 spiro atoms. The van der Waals surface area contributed by atoms with Crippen LogP contribution >= 0.6 is 0 Å². The highest BCUT2D eigenvalue weighted by Crippen LogP contribution is 2.29. The Labute approximate surface area is 272 Å². The molecule has 3 fully saturated rings. The number of ether oxygens (including phenoxy) is 6. The summed E-state index contributed by atoms with van der Waals surface area (Å²) in [5.74, 6) is 2.98. The Hall–Kier alpha value is -4.10. The minimum Gasteiger partial charge on any atom is -0.490 e. The molecule has 3 aliphatic heterocycles. The average molecular weight is 621 g/mol. The van der Waals surface area contributed by atoms with Gasteiger partial charge in [0.1, 0.15) is 55.4 Å². The molecule has 5 aromatic rings. The van der Waals surface area contributed by atoms with Crippen molar-refractivity contribution in [2.24, 2.45) is 0 Å². The van der Waals surface area contributed by atoms with Crippen molar-refractivity contribution in [2.75, 3.05) is 39.6 Å². The van der Waals surface area contributed by atoms with Gasteiger partial charge < -0.3 is 28.4 Å². The quantitative estimate of drug-likeness (QED) is 0.139. The lowest BCUT2D eigenvalue weighted by atomic mass is 10.0. The fourth-order valence-corrected chi connectivity index (χ4v) is 5.32. The van der Waals surface area contributed by atoms with Gasteiger partial charge in [0.05, 0.1) is 19.8 Å². The van der Waals surface area contributed by atoms with E-state index in [0.29, 0.717) is 38.1 Å². The maximum Gasteiger partial charge on any atom is 0.127 e. The third-order valence-electron chi connectivity index (χ3n) is 8.12. The van der Waals surface area contributed by atoms with Crippen LogP contribution in [-0.4, -0.2) is 58.0 Å². The lowest BCUT2D eigenvalue weighted by Gasteiger charge is -2.15. The second kappa shape index (κ2) is 15.5. The van der Waals surface area contributed by atoms with Crippen LogP contribution in [0.3, 0.4) is 0 Å². The number of hydrogen-bond acceptors (Lipinski definition) is 6. The Bertz CT molecular complexity index is 1590. The summed E-state index contributed by atoms with van der Waals surface area (Å²) in [4.78, 5) is 0. The Morgan fingerprint density at radius 2 is 0.935 bits per heavy atom. The Morgan fingerprint density at radius 1 is 0.543 bits per heavy atom. The third-order valence-corrected chi connectivity index (χ3v) is 8.12. The molecule has 0 saturated carbocycles. The van der Waals surface area contributed by atoms with Gasteiger partial charge in [0.25, 0.3) is 0 Å². The highest BCUT2D eigenvalue weighted by Gasteiger charge is 2.25. The lowest BCUT2D eigenvalue weighted by molar-refractivity contribution is 0.259. The van der Waals surface area contributed by atoms with Gasteiger partial charge in [-0.15, -0.1) is 0 Å². The molecule has 0 aliphatic carbocycles. The molecule has 0 aromatic heterocycles. The first kappa shape index (κ1) is 31.9. The van der Waals surface area contributed by atoms with Crippen molar-refractivity contribution in [2.45, 2.75) is 51.9 Å². The summed E-state index contributed by atoms with van der Waals surface area (Å²) in [5.41, 5.74) is 3.96. The minimum atomic E-state index is 0.309. The standard InChI is InChI=1S/C14H20O2.2C13H12O2/c1-4-11-6-10(3)7-12(5-2)14(11)16-9-13-8-15-13;2*1-2-6-12-10(4-1)5-3-7-13(12)15-9-11-8-14-11/h6-7,13H,4-5,8-9H2,1-3H3;2*1-7,11H,8-9H2. The van der Waals surface area contributed by atoms with E-state index in [4.69, 9.17) is 28.4 Å². The molecule has 3 unspecified atom stereocenters. The van der Waals surface area contributed by atoms with E-state index in [9.17, 15) is 0 Å². The molecule has 0 radical (unpaired) electrons. The van der Waals surface area contributed by atoms with Gasteiger partial charge >= 0.3 is 0 Å². The highest BCUT2D eigenvalue weighted by molar-refractivity contribution is 5.88. The fraction of sp³-hybridized carbons (Fsp3) is 0.350. The van der Waals surface area contributed by atoms with Crippen LogP contribution in [0, 0.1) is 6.92 Å². The zero-order valence-electron chi connectivity index (χ0n) is 27.1. The number of hydrogen-bond donors (Lipinski definition) is 0. The van der Waals surface area contributed by atoms with Crippen molar-refractivity contribution in [3.63, 3.8) is 0 Å². The predicted molar refractivity (Wildman–Crippen MR) is 184 cm³/mol. The summed E-state index contributed by atoms with van der Waals surface area (Å²) in [5, 5.41) is 4.76. The van der Waals surface area contributed by atoms with Crippen molar-refractivity contribution < 1.29 is 28.4 Å². The molecule has 8 rings (SSSR count). The molecular formula is C40H44O6. The molecule has 6 nitrogen and oxygen atoms in total. The Kier molecular flexibility index (Phi) is 10.7. The van der Waals surface area contributed by atoms with Crippen molar-refractivity contribution in [1.82, 2.24) is 0 Å². The molecule has 3 saturated heterocycles. The number of aryl methyl sites for hydroxylation is 3. The monoisotopic (exact) mass is 620 g/mol. The van der Waals surface area contributed by atoms with Crippen LogP contribution in [0.2, 0.25) is 0 Å². The molecule has 0 N–H and O–H groups in total. The first-order chi connectivity index (χ1) is 22.6. The first-order valence-corrected chi connectivity index (χ1v) is 16.4. The molecule has 46 heavy (non-hydrogen) atoms. The third kappa shape index (κ3) is 9.00. The Morgan fingerprint density at radius 3 is 1.35 bits per heavy atom. The van der Waals surface area contributed by atoms with Gasteiger partial charge in [-0.05, 0) is 53.8 Å². The van der Waals surface area contributed by atoms with Crippen molar-refractivity contribution in [3.05, 3.63) is 114 Å². The topological polar surface area (TPSA) is 65.3 Å². The highest BCUT2D eigenvalue weighted by atomic mass is 16.6. The first-order valence-electron chi connectivity index (χ1n) is 16.4. The van der Waals surface area contributed by atoms with Crippen molar-refractivity contribution in [1.29, 1.82) is 0 Å². The molecule has 5 aromatic carbocycles. The van der Waals surface area contributed by atoms with Gasteiger partial charge in [-0.2, -0.15) is 0 Å². The van der Waals surface area contributed by atoms with E-state index in [0.717, 1.165) is 49.9 Å². The maximum absolute atomic E-state index is 5.90. The van der Waals surface area contributed by atoms with Crippen LogP contribution in [-0.2, 0) is 27.1 Å². The Balaban J connectivity index is 0.000000121. The van der Waals surface area contributed by atoms with Gasteiger partial charge in [-0.1, -0.05) is 104 Å². The molecule has 6 heteroatoms. The van der Waals surface area contributed by atoms with E-state index < -0.39 is 0 Å². The van der Waals surface area contributed by atoms with Crippen molar-refractivity contribution in [3.8, 4) is 17.2 Å². The molecular weight excluding hydrogens is 576 g/mol. The zero-order valence-corrected chi connectivity index (χ0v) is 27.1. The van der Waals surface area contributed by atoms with Gasteiger partial charge in [0.15, 0.2) is 0 Å². The van der Waals surface area contributed by atoms with Crippen LogP contribution in [0.25, 0.3) is 21.5 Å². The number of rotatable bonds is 11. The van der Waals surface area contributed by atoms with Crippen LogP contribution in [0.1, 0.15) is 30.5 Å². The second-order valence-corrected chi connectivity index (χ2v) is 11.9. The number of fused-ring (bicyclic) bond motifs is 2. The zero-order chi connectivity index (χ0) is 31.7. The largest absolute Gasteiger partial charge is 0.490 e. The van der Waals surface area contributed by atoms with E-state index in [1.165, 1.54) is 38.2 Å². The van der Waals surface area contributed by atoms with E-state index in [-0.39, 0.29) is 0 Å². The summed E-state index contributed by atoms with van der Waals surface area (Å²) < 4.78 is 32.8. The van der Waals surface area contributed by atoms with E-state index in [1.54, 1.807) is 0 Å². The minimum absolute atomic E-state index is 0.309. The smallest absolute Gasteiger partial charge is 0.127 e. The molecule has 3 heterocycles. The number of epoxide rings is 3. The summed E-state index contributed by atoms with van der Waals surface area (Å²) in [6, 6.07) is 33.2. The predicted octanol–water partition coefficient (Wildman–Crippen LogP) is 8.13. The van der Waals surface area contributed by atoms with Crippen LogP contribution in [0.5, 0.6) is 17.2 Å². The van der Waals surface area contributed by atoms with Crippen molar-refractivity contribution >= 4 is 21.5 Å². The van der Waals surface area contributed by atoms with Gasteiger partial charge in [-0.3, -0.25) is 0 Å². The van der Waals surface area contributed by atoms with Crippen LogP contribution < -0.4 is 14.2 Å². The number of benzene rings is 5. The lowest BCUT2D eigenvalue weighted by Crippen LogP contribution is -2.08. The maximum atomic E-state index is 5.90. The van der Waals surface area contributed by atoms with Crippen LogP contribution in [0.15, 0.2) is 97.1 Å². The van der Waals surface area contributed by atoms with Crippen LogP contribution in [0.4, 0.5) is 0 Å². The summed E-state index contributed by atoms with van der Waals surface area (Å²) in [7, 11) is 0. The van der Waals surface area contributed by atoms with E-state index in [1.807, 2.05) is 48.5 Å². The SMILES string of the molecule is CCc1cc(C)cc(CC)c1OCC1CO1.c1ccc2c(OCC3CO3)cccc2c1.c1ccc2c(OCC3CO3)cccc2c1. The average Bonchev–Trinajstić information content (AvgIpc) is 3.94. The molecule has 3 aliphatic rings. The molecule has 0 bridgehead atoms. The fourth-order valence-electron chi connectivity index (χ4n) is 5.32. The second-order valence-electron chi connectivity index (χ2n) is 11.9.